The summed E-state index contributed by atoms with van der Waals surface area (Å²) in [7, 11) is 0. The molecule has 0 saturated carbocycles. The minimum Gasteiger partial charge on any atom is -0.451 e. The van der Waals surface area contributed by atoms with Gasteiger partial charge in [-0.05, 0) is 81.6 Å². The van der Waals surface area contributed by atoms with Crippen LogP contribution in [0.2, 0.25) is 0 Å². The van der Waals surface area contributed by atoms with Crippen molar-refractivity contribution in [2.45, 2.75) is 25.9 Å². The Morgan fingerprint density at radius 1 is 1.14 bits per heavy atom. The topological polar surface area (TPSA) is 28.4 Å². The molecular weight excluding hydrogens is 396 g/mol. The molecule has 0 spiro atoms. The van der Waals surface area contributed by atoms with E-state index in [9.17, 15) is 0 Å². The zero-order valence-corrected chi connectivity index (χ0v) is 14.9. The van der Waals surface area contributed by atoms with Crippen LogP contribution in [-0.2, 0) is 13.1 Å². The molecule has 1 N–H and O–H groups in total. The van der Waals surface area contributed by atoms with Crippen LogP contribution in [-0.4, -0.2) is 18.0 Å². The van der Waals surface area contributed by atoms with Crippen molar-refractivity contribution < 1.29 is 4.42 Å². The number of hydrogen-bond donors (Lipinski definition) is 1. The number of furan rings is 1. The number of hydrogen-bond acceptors (Lipinski definition) is 3. The molecule has 2 aromatic rings. The highest BCUT2D eigenvalue weighted by molar-refractivity contribution is 9.13. The number of rotatable bonds is 5. The predicted octanol–water partition coefficient (Wildman–Crippen LogP) is 5.01. The molecule has 0 radical (unpaired) electrons. The van der Waals surface area contributed by atoms with E-state index in [0.717, 1.165) is 27.1 Å². The molecule has 5 heteroatoms. The van der Waals surface area contributed by atoms with Gasteiger partial charge < -0.3 is 9.73 Å². The molecule has 21 heavy (non-hydrogen) atoms. The maximum atomic E-state index is 5.57. The van der Waals surface area contributed by atoms with Crippen LogP contribution in [0.15, 0.2) is 43.9 Å². The van der Waals surface area contributed by atoms with Gasteiger partial charge in [0.2, 0.25) is 0 Å². The lowest BCUT2D eigenvalue weighted by atomic mass is 10.2. The Morgan fingerprint density at radius 2 is 1.95 bits per heavy atom. The van der Waals surface area contributed by atoms with E-state index in [2.05, 4.69) is 66.3 Å². The Labute approximate surface area is 142 Å². The molecule has 1 aromatic heterocycles. The van der Waals surface area contributed by atoms with Crippen LogP contribution in [0.4, 0.5) is 5.69 Å². The van der Waals surface area contributed by atoms with Crippen molar-refractivity contribution in [1.29, 1.82) is 0 Å². The number of anilines is 1. The fourth-order valence-corrected chi connectivity index (χ4v) is 3.30. The van der Waals surface area contributed by atoms with Crippen molar-refractivity contribution >= 4 is 37.5 Å². The summed E-state index contributed by atoms with van der Waals surface area (Å²) in [5.74, 6) is 0.902. The van der Waals surface area contributed by atoms with Gasteiger partial charge in [-0.25, -0.2) is 0 Å². The highest BCUT2D eigenvalue weighted by atomic mass is 79.9. The summed E-state index contributed by atoms with van der Waals surface area (Å²) >= 11 is 6.78. The molecule has 0 bridgehead atoms. The van der Waals surface area contributed by atoms with Crippen molar-refractivity contribution in [3.8, 4) is 0 Å². The van der Waals surface area contributed by atoms with Crippen LogP contribution >= 0.6 is 31.9 Å². The Bertz CT molecular complexity index is 587. The Kier molecular flexibility index (Phi) is 5.03. The predicted molar refractivity (Wildman–Crippen MR) is 92.4 cm³/mol. The number of benzene rings is 1. The van der Waals surface area contributed by atoms with E-state index in [0.29, 0.717) is 6.54 Å². The first kappa shape index (κ1) is 15.1. The molecule has 1 fully saturated rings. The first-order valence-corrected chi connectivity index (χ1v) is 8.78. The van der Waals surface area contributed by atoms with Gasteiger partial charge in [-0.15, -0.1) is 0 Å². The third-order valence-corrected chi connectivity index (χ3v) is 5.40. The van der Waals surface area contributed by atoms with Crippen LogP contribution in [0.3, 0.4) is 0 Å². The normalized spacial score (nSPS) is 15.5. The van der Waals surface area contributed by atoms with E-state index in [-0.39, 0.29) is 0 Å². The minimum atomic E-state index is 0.678. The molecule has 1 aliphatic heterocycles. The van der Waals surface area contributed by atoms with Crippen molar-refractivity contribution in [2.24, 2.45) is 0 Å². The fraction of sp³-hybridized carbons (Fsp3) is 0.375. The fourth-order valence-electron chi connectivity index (χ4n) is 2.65. The average Bonchev–Trinajstić information content (AvgIpc) is 3.08. The third kappa shape index (κ3) is 4.11. The minimum absolute atomic E-state index is 0.678. The molecule has 0 atom stereocenters. The Hall–Kier alpha value is -0.780. The Morgan fingerprint density at radius 3 is 2.67 bits per heavy atom. The molecule has 1 aliphatic rings. The van der Waals surface area contributed by atoms with E-state index in [1.165, 1.54) is 31.5 Å². The lowest BCUT2D eigenvalue weighted by molar-refractivity contribution is 0.331. The SMILES string of the molecule is Brc1cc(CNc2cccc(CN3CCCC3)c2)oc1Br. The van der Waals surface area contributed by atoms with Gasteiger partial charge in [-0.1, -0.05) is 12.1 Å². The highest BCUT2D eigenvalue weighted by Gasteiger charge is 2.12. The first-order valence-electron chi connectivity index (χ1n) is 7.19. The standard InChI is InChI=1S/C16H18Br2N2O/c17-15-9-14(21-16(15)18)10-19-13-5-3-4-12(8-13)11-20-6-1-2-7-20/h3-5,8-9,19H,1-2,6-7,10-11H2. The second kappa shape index (κ2) is 6.99. The van der Waals surface area contributed by atoms with Gasteiger partial charge in [0.25, 0.3) is 0 Å². The summed E-state index contributed by atoms with van der Waals surface area (Å²) in [4.78, 5) is 2.51. The number of nitrogens with zero attached hydrogens (tertiary/aromatic N) is 1. The van der Waals surface area contributed by atoms with E-state index in [1.807, 2.05) is 6.07 Å². The smallest absolute Gasteiger partial charge is 0.183 e. The first-order chi connectivity index (χ1) is 10.2. The van der Waals surface area contributed by atoms with Crippen molar-refractivity contribution in [1.82, 2.24) is 4.90 Å². The molecule has 2 heterocycles. The maximum Gasteiger partial charge on any atom is 0.183 e. The molecule has 112 valence electrons. The van der Waals surface area contributed by atoms with E-state index in [1.54, 1.807) is 0 Å². The summed E-state index contributed by atoms with van der Waals surface area (Å²) in [6, 6.07) is 10.6. The quantitative estimate of drug-likeness (QED) is 0.746. The molecular formula is C16H18Br2N2O. The van der Waals surface area contributed by atoms with Crippen molar-refractivity contribution in [2.75, 3.05) is 18.4 Å². The molecule has 0 amide bonds. The number of halogens is 2. The zero-order valence-electron chi connectivity index (χ0n) is 11.7. The largest absolute Gasteiger partial charge is 0.451 e. The summed E-state index contributed by atoms with van der Waals surface area (Å²) in [5, 5.41) is 3.41. The van der Waals surface area contributed by atoms with Gasteiger partial charge in [0.15, 0.2) is 4.67 Å². The van der Waals surface area contributed by atoms with Gasteiger partial charge in [-0.3, -0.25) is 4.90 Å². The zero-order chi connectivity index (χ0) is 14.7. The van der Waals surface area contributed by atoms with Crippen molar-refractivity contribution in [3.05, 3.63) is 50.8 Å². The molecule has 3 nitrogen and oxygen atoms in total. The molecule has 0 unspecified atom stereocenters. The summed E-state index contributed by atoms with van der Waals surface area (Å²) in [6.07, 6.45) is 2.67. The summed E-state index contributed by atoms with van der Waals surface area (Å²) in [5.41, 5.74) is 2.50. The van der Waals surface area contributed by atoms with E-state index < -0.39 is 0 Å². The highest BCUT2D eigenvalue weighted by Crippen LogP contribution is 2.27. The van der Waals surface area contributed by atoms with Crippen LogP contribution < -0.4 is 5.32 Å². The monoisotopic (exact) mass is 412 g/mol. The molecule has 1 aromatic carbocycles. The summed E-state index contributed by atoms with van der Waals surface area (Å²) < 4.78 is 7.26. The second-order valence-electron chi connectivity index (χ2n) is 5.37. The average molecular weight is 414 g/mol. The van der Waals surface area contributed by atoms with Crippen LogP contribution in [0.25, 0.3) is 0 Å². The van der Waals surface area contributed by atoms with Crippen LogP contribution in [0.5, 0.6) is 0 Å². The second-order valence-corrected chi connectivity index (χ2v) is 6.95. The van der Waals surface area contributed by atoms with Gasteiger partial charge in [0.05, 0.1) is 11.0 Å². The Balaban J connectivity index is 1.60. The van der Waals surface area contributed by atoms with E-state index >= 15 is 0 Å². The van der Waals surface area contributed by atoms with E-state index in [4.69, 9.17) is 4.42 Å². The lowest BCUT2D eigenvalue weighted by Gasteiger charge is -2.15. The number of nitrogens with one attached hydrogen (secondary N) is 1. The maximum absolute atomic E-state index is 5.57. The van der Waals surface area contributed by atoms with Gasteiger partial charge in [-0.2, -0.15) is 0 Å². The van der Waals surface area contributed by atoms with Gasteiger partial charge in [0, 0.05) is 12.2 Å². The van der Waals surface area contributed by atoms with Gasteiger partial charge in [0.1, 0.15) is 5.76 Å². The third-order valence-electron chi connectivity index (χ3n) is 3.69. The van der Waals surface area contributed by atoms with Crippen molar-refractivity contribution in [3.63, 3.8) is 0 Å². The summed E-state index contributed by atoms with van der Waals surface area (Å²) in [6.45, 7) is 4.18. The van der Waals surface area contributed by atoms with Crippen LogP contribution in [0.1, 0.15) is 24.2 Å². The molecule has 3 rings (SSSR count). The molecule has 0 aliphatic carbocycles. The van der Waals surface area contributed by atoms with Gasteiger partial charge >= 0.3 is 0 Å². The molecule has 1 saturated heterocycles. The lowest BCUT2D eigenvalue weighted by Crippen LogP contribution is -2.18. The number of likely N-dealkylation sites (tertiary alicyclic amines) is 1. The van der Waals surface area contributed by atoms with Crippen LogP contribution in [0, 0.1) is 0 Å².